The van der Waals surface area contributed by atoms with Crippen molar-refractivity contribution in [3.8, 4) is 0 Å². The number of Topliss-reactive ketones (excluding diaryl/α,β-unsaturated/α-hetero) is 1. The fraction of sp³-hybridized carbons (Fsp3) is 0.481. The number of aromatic nitrogens is 1. The van der Waals surface area contributed by atoms with Gasteiger partial charge in [0.05, 0.1) is 16.9 Å². The van der Waals surface area contributed by atoms with Crippen molar-refractivity contribution in [3.05, 3.63) is 64.0 Å². The van der Waals surface area contributed by atoms with Crippen molar-refractivity contribution in [1.29, 1.82) is 0 Å². The van der Waals surface area contributed by atoms with Crippen molar-refractivity contribution in [2.75, 3.05) is 5.75 Å². The molecule has 0 bridgehead atoms. The van der Waals surface area contributed by atoms with Gasteiger partial charge in [-0.1, -0.05) is 45.4 Å². The monoisotopic (exact) mass is 523 g/mol. The highest BCUT2D eigenvalue weighted by Gasteiger charge is 2.41. The summed E-state index contributed by atoms with van der Waals surface area (Å²) in [7, 11) is -4.04. The van der Waals surface area contributed by atoms with Gasteiger partial charge in [0, 0.05) is 19.0 Å². The second-order valence-electron chi connectivity index (χ2n) is 10.1. The van der Waals surface area contributed by atoms with Crippen LogP contribution in [-0.4, -0.2) is 30.0 Å². The highest BCUT2D eigenvalue weighted by Crippen LogP contribution is 2.44. The molecule has 196 valence electrons. The van der Waals surface area contributed by atoms with Gasteiger partial charge in [-0.3, -0.25) is 4.79 Å². The Bertz CT molecular complexity index is 1270. The van der Waals surface area contributed by atoms with E-state index >= 15 is 0 Å². The van der Waals surface area contributed by atoms with E-state index in [0.29, 0.717) is 30.7 Å². The summed E-state index contributed by atoms with van der Waals surface area (Å²) < 4.78 is 64.5. The van der Waals surface area contributed by atoms with Gasteiger partial charge in [0.15, 0.2) is 20.6 Å². The number of carbonyl (C=O) groups excluding carboxylic acids is 1. The molecule has 1 unspecified atom stereocenters. The zero-order chi connectivity index (χ0) is 27.1. The van der Waals surface area contributed by atoms with Gasteiger partial charge in [-0.05, 0) is 59.9 Å². The molecule has 0 amide bonds. The van der Waals surface area contributed by atoms with E-state index in [-0.39, 0.29) is 24.4 Å². The van der Waals surface area contributed by atoms with Crippen LogP contribution in [-0.2, 0) is 33.6 Å². The number of benzene rings is 1. The molecule has 1 N–H and O–H groups in total. The molecule has 0 fully saturated rings. The van der Waals surface area contributed by atoms with E-state index in [2.05, 4.69) is 4.98 Å². The molecule has 1 heterocycles. The van der Waals surface area contributed by atoms with E-state index in [1.807, 2.05) is 32.9 Å². The van der Waals surface area contributed by atoms with Crippen molar-refractivity contribution in [2.24, 2.45) is 11.3 Å². The molecule has 3 rings (SSSR count). The summed E-state index contributed by atoms with van der Waals surface area (Å²) in [5, 5.41) is 10.6. The third kappa shape index (κ3) is 5.66. The molecule has 0 radical (unpaired) electrons. The number of allylic oxidation sites excluding steroid dienone is 2. The smallest absolute Gasteiger partial charge is 0.417 e. The van der Waals surface area contributed by atoms with Gasteiger partial charge >= 0.3 is 6.18 Å². The largest absolute Gasteiger partial charge is 0.512 e. The molecular formula is C27H32F3NO4S. The highest BCUT2D eigenvalue weighted by molar-refractivity contribution is 7.91. The first-order valence-corrected chi connectivity index (χ1v) is 13.6. The lowest BCUT2D eigenvalue weighted by atomic mass is 9.70. The summed E-state index contributed by atoms with van der Waals surface area (Å²) in [4.78, 5) is 16.9. The number of rotatable bonds is 7. The number of aliphatic hydroxyl groups is 1. The lowest BCUT2D eigenvalue weighted by molar-refractivity contribution is -0.137. The second-order valence-corrected chi connectivity index (χ2v) is 12.1. The van der Waals surface area contributed by atoms with Crippen molar-refractivity contribution in [2.45, 2.75) is 71.5 Å². The Labute approximate surface area is 210 Å². The van der Waals surface area contributed by atoms with Crippen LogP contribution < -0.4 is 0 Å². The van der Waals surface area contributed by atoms with Crippen LogP contribution in [0.4, 0.5) is 13.2 Å². The van der Waals surface area contributed by atoms with E-state index in [9.17, 15) is 31.5 Å². The Morgan fingerprint density at radius 2 is 1.64 bits per heavy atom. The second kappa shape index (κ2) is 10.00. The van der Waals surface area contributed by atoms with E-state index in [4.69, 9.17) is 0 Å². The first kappa shape index (κ1) is 27.9. The standard InChI is InChI=1S/C27H32F3NO4S/c1-6-17-10-16(3)11-18(7-2)24(17)25-21(32)12-20(13-22(25)33)26(4,5)15-36(34,35)23-9-8-19(14-31-23)27(28,29)30/h8-11,14,20,32H,6-7,12-13,15H2,1-5H3. The number of aliphatic hydroxyl groups excluding tert-OH is 1. The Morgan fingerprint density at radius 1 is 1.06 bits per heavy atom. The quantitative estimate of drug-likeness (QED) is 0.462. The minimum absolute atomic E-state index is 0.0531. The number of ketones is 1. The van der Waals surface area contributed by atoms with Gasteiger partial charge < -0.3 is 5.11 Å². The number of carbonyl (C=O) groups is 1. The average Bonchev–Trinajstić information content (AvgIpc) is 2.77. The maximum Gasteiger partial charge on any atom is 0.417 e. The molecular weight excluding hydrogens is 491 g/mol. The number of sulfone groups is 1. The summed E-state index contributed by atoms with van der Waals surface area (Å²) in [5.41, 5.74) is 2.14. The van der Waals surface area contributed by atoms with Crippen molar-refractivity contribution < 1.29 is 31.5 Å². The molecule has 0 aliphatic heterocycles. The molecule has 0 saturated heterocycles. The van der Waals surface area contributed by atoms with Gasteiger partial charge in [-0.15, -0.1) is 0 Å². The number of hydrogen-bond acceptors (Lipinski definition) is 5. The predicted octanol–water partition coefficient (Wildman–Crippen LogP) is 6.28. The van der Waals surface area contributed by atoms with Crippen LogP contribution in [0.2, 0.25) is 0 Å². The van der Waals surface area contributed by atoms with Gasteiger partial charge in [0.1, 0.15) is 5.76 Å². The average molecular weight is 524 g/mol. The summed E-state index contributed by atoms with van der Waals surface area (Å²) in [6.45, 7) is 9.35. The van der Waals surface area contributed by atoms with Crippen molar-refractivity contribution >= 4 is 21.2 Å². The third-order valence-corrected chi connectivity index (χ3v) is 8.95. The maximum atomic E-state index is 13.4. The molecule has 36 heavy (non-hydrogen) atoms. The minimum Gasteiger partial charge on any atom is -0.512 e. The van der Waals surface area contributed by atoms with Crippen molar-refractivity contribution in [1.82, 2.24) is 4.98 Å². The number of hydrogen-bond donors (Lipinski definition) is 1. The Balaban J connectivity index is 1.91. The molecule has 1 aliphatic carbocycles. The SMILES string of the molecule is CCc1cc(C)cc(CC)c1C1=C(O)CC(C(C)(C)CS(=O)(=O)c2ccc(C(F)(F)F)cn2)CC1=O. The first-order chi connectivity index (χ1) is 16.6. The summed E-state index contributed by atoms with van der Waals surface area (Å²) in [6.07, 6.45) is -2.54. The summed E-state index contributed by atoms with van der Waals surface area (Å²) in [5.74, 6) is -1.19. The van der Waals surface area contributed by atoms with Crippen LogP contribution in [0.3, 0.4) is 0 Å². The van der Waals surface area contributed by atoms with Gasteiger partial charge in [-0.25, -0.2) is 13.4 Å². The first-order valence-electron chi connectivity index (χ1n) is 11.9. The van der Waals surface area contributed by atoms with E-state index in [0.717, 1.165) is 28.3 Å². The van der Waals surface area contributed by atoms with E-state index in [1.54, 1.807) is 13.8 Å². The topological polar surface area (TPSA) is 84.3 Å². The number of aryl methyl sites for hydroxylation is 3. The Kier molecular flexibility index (Phi) is 7.75. The Morgan fingerprint density at radius 3 is 2.08 bits per heavy atom. The third-order valence-electron chi connectivity index (χ3n) is 6.95. The Hall–Kier alpha value is -2.68. The predicted molar refractivity (Wildman–Crippen MR) is 132 cm³/mol. The molecule has 1 aliphatic rings. The number of halogens is 3. The van der Waals surface area contributed by atoms with Crippen LogP contribution in [0.5, 0.6) is 0 Å². The summed E-state index contributed by atoms with van der Waals surface area (Å²) in [6, 6.07) is 5.57. The molecule has 9 heteroatoms. The van der Waals surface area contributed by atoms with Crippen molar-refractivity contribution in [3.63, 3.8) is 0 Å². The van der Waals surface area contributed by atoms with E-state index in [1.165, 1.54) is 0 Å². The lowest BCUT2D eigenvalue weighted by Crippen LogP contribution is -2.36. The number of nitrogens with zero attached hydrogens (tertiary/aromatic N) is 1. The van der Waals surface area contributed by atoms with Crippen LogP contribution >= 0.6 is 0 Å². The van der Waals surface area contributed by atoms with Crippen LogP contribution in [0.15, 0.2) is 41.2 Å². The zero-order valence-corrected chi connectivity index (χ0v) is 22.0. The van der Waals surface area contributed by atoms with E-state index < -0.39 is 43.7 Å². The normalized spacial score (nSPS) is 17.6. The fourth-order valence-corrected chi connectivity index (χ4v) is 6.82. The lowest BCUT2D eigenvalue weighted by Gasteiger charge is -2.37. The van der Waals surface area contributed by atoms with Gasteiger partial charge in [-0.2, -0.15) is 13.2 Å². The molecule has 1 aromatic heterocycles. The minimum atomic E-state index is -4.62. The van der Waals surface area contributed by atoms with Gasteiger partial charge in [0.2, 0.25) is 0 Å². The molecule has 5 nitrogen and oxygen atoms in total. The number of alkyl halides is 3. The van der Waals surface area contributed by atoms with Gasteiger partial charge in [0.25, 0.3) is 0 Å². The molecule has 2 aromatic rings. The number of pyridine rings is 1. The molecule has 0 saturated carbocycles. The van der Waals surface area contributed by atoms with Crippen LogP contribution in [0, 0.1) is 18.3 Å². The van der Waals surface area contributed by atoms with Crippen LogP contribution in [0.25, 0.3) is 5.57 Å². The molecule has 1 atom stereocenters. The molecule has 1 aromatic carbocycles. The zero-order valence-electron chi connectivity index (χ0n) is 21.2. The summed E-state index contributed by atoms with van der Waals surface area (Å²) >= 11 is 0. The maximum absolute atomic E-state index is 13.4. The highest BCUT2D eigenvalue weighted by atomic mass is 32.2. The molecule has 0 spiro atoms. The van der Waals surface area contributed by atoms with Crippen LogP contribution in [0.1, 0.15) is 68.4 Å². The fourth-order valence-electron chi connectivity index (χ4n) is 4.96.